The molecule has 2 N–H and O–H groups in total. The number of piperazine rings is 1. The summed E-state index contributed by atoms with van der Waals surface area (Å²) in [6, 6.07) is 0.266. The van der Waals surface area contributed by atoms with Gasteiger partial charge in [0.05, 0.1) is 12.5 Å². The van der Waals surface area contributed by atoms with E-state index in [-0.39, 0.29) is 17.4 Å². The summed E-state index contributed by atoms with van der Waals surface area (Å²) in [5, 5.41) is 6.55. The van der Waals surface area contributed by atoms with Gasteiger partial charge in [0.25, 0.3) is 0 Å². The number of hydrogen-bond acceptors (Lipinski definition) is 4. The summed E-state index contributed by atoms with van der Waals surface area (Å²) >= 11 is 0. The molecule has 0 aliphatic carbocycles. The fourth-order valence-corrected chi connectivity index (χ4v) is 1.51. The molecule has 0 saturated carbocycles. The molecule has 0 spiro atoms. The minimum atomic E-state index is -0.102. The first kappa shape index (κ1) is 12.5. The van der Waals surface area contributed by atoms with Crippen LogP contribution in [-0.4, -0.2) is 38.3 Å². The lowest BCUT2D eigenvalue weighted by Crippen LogP contribution is -2.50. The quantitative estimate of drug-likeness (QED) is 0.673. The average molecular weight is 214 g/mol. The van der Waals surface area contributed by atoms with Crippen molar-refractivity contribution in [3.63, 3.8) is 0 Å². The Hall–Kier alpha value is -0.610. The van der Waals surface area contributed by atoms with E-state index in [1.165, 1.54) is 0 Å². The Bertz CT molecular complexity index is 205. The van der Waals surface area contributed by atoms with Gasteiger partial charge in [0, 0.05) is 19.6 Å². The van der Waals surface area contributed by atoms with Crippen LogP contribution in [0.2, 0.25) is 0 Å². The highest BCUT2D eigenvalue weighted by molar-refractivity contribution is 5.70. The number of hydrogen-bond donors (Lipinski definition) is 2. The maximum atomic E-state index is 11.4. The highest BCUT2D eigenvalue weighted by Crippen LogP contribution is 2.18. The predicted molar refractivity (Wildman–Crippen MR) is 59.7 cm³/mol. The molecule has 88 valence electrons. The highest BCUT2D eigenvalue weighted by Gasteiger charge is 2.19. The van der Waals surface area contributed by atoms with Crippen LogP contribution in [0.1, 0.15) is 27.2 Å². The second-order valence-corrected chi connectivity index (χ2v) is 5.28. The van der Waals surface area contributed by atoms with Crippen LogP contribution in [0.5, 0.6) is 0 Å². The lowest BCUT2D eigenvalue weighted by Gasteiger charge is -2.24. The zero-order valence-corrected chi connectivity index (χ0v) is 9.93. The molecule has 4 nitrogen and oxygen atoms in total. The average Bonchev–Trinajstić information content (AvgIpc) is 2.14. The van der Waals surface area contributed by atoms with Crippen molar-refractivity contribution in [1.29, 1.82) is 0 Å². The molecule has 1 aliphatic rings. The zero-order chi connectivity index (χ0) is 11.3. The summed E-state index contributed by atoms with van der Waals surface area (Å²) in [6.07, 6.45) is 0.479. The van der Waals surface area contributed by atoms with Crippen LogP contribution >= 0.6 is 0 Å². The van der Waals surface area contributed by atoms with Crippen molar-refractivity contribution in [3.05, 3.63) is 0 Å². The number of carbonyl (C=O) groups excluding carboxylic acids is 1. The largest absolute Gasteiger partial charge is 0.464 e. The van der Waals surface area contributed by atoms with Crippen molar-refractivity contribution in [3.8, 4) is 0 Å². The Morgan fingerprint density at radius 1 is 1.40 bits per heavy atom. The second kappa shape index (κ2) is 5.47. The SMILES string of the molecule is CC(C)(C)CC(=O)OCC1CNCCN1. The van der Waals surface area contributed by atoms with Crippen LogP contribution in [0.15, 0.2) is 0 Å². The van der Waals surface area contributed by atoms with Crippen LogP contribution < -0.4 is 10.6 Å². The van der Waals surface area contributed by atoms with Gasteiger partial charge in [-0.1, -0.05) is 20.8 Å². The molecule has 0 aromatic heterocycles. The molecular formula is C11H22N2O2. The third-order valence-electron chi connectivity index (χ3n) is 2.25. The second-order valence-electron chi connectivity index (χ2n) is 5.28. The summed E-state index contributed by atoms with van der Waals surface area (Å²) in [6.45, 7) is 9.40. The Labute approximate surface area is 91.8 Å². The number of nitrogens with one attached hydrogen (secondary N) is 2. The van der Waals surface area contributed by atoms with Crippen LogP contribution in [0.4, 0.5) is 0 Å². The molecular weight excluding hydrogens is 192 g/mol. The van der Waals surface area contributed by atoms with E-state index in [1.807, 2.05) is 20.8 Å². The number of rotatable bonds is 3. The Balaban J connectivity index is 2.15. The molecule has 15 heavy (non-hydrogen) atoms. The van der Waals surface area contributed by atoms with Gasteiger partial charge < -0.3 is 15.4 Å². The molecule has 0 aromatic rings. The fraction of sp³-hybridized carbons (Fsp3) is 0.909. The van der Waals surface area contributed by atoms with Gasteiger partial charge in [-0.25, -0.2) is 0 Å². The van der Waals surface area contributed by atoms with Crippen molar-refractivity contribution < 1.29 is 9.53 Å². The highest BCUT2D eigenvalue weighted by atomic mass is 16.5. The van der Waals surface area contributed by atoms with E-state index in [0.717, 1.165) is 19.6 Å². The Morgan fingerprint density at radius 2 is 2.13 bits per heavy atom. The normalized spacial score (nSPS) is 22.5. The summed E-state index contributed by atoms with van der Waals surface area (Å²) in [5.41, 5.74) is 0.00925. The van der Waals surface area contributed by atoms with Gasteiger partial charge in [-0.15, -0.1) is 0 Å². The monoisotopic (exact) mass is 214 g/mol. The lowest BCUT2D eigenvalue weighted by molar-refractivity contribution is -0.146. The van der Waals surface area contributed by atoms with Crippen LogP contribution in [0, 0.1) is 5.41 Å². The Morgan fingerprint density at radius 3 is 2.67 bits per heavy atom. The zero-order valence-electron chi connectivity index (χ0n) is 9.93. The molecule has 0 radical (unpaired) electrons. The van der Waals surface area contributed by atoms with Crippen LogP contribution in [0.25, 0.3) is 0 Å². The molecule has 0 amide bonds. The number of ether oxygens (including phenoxy) is 1. The molecule has 0 bridgehead atoms. The van der Waals surface area contributed by atoms with Crippen molar-refractivity contribution >= 4 is 5.97 Å². The summed E-state index contributed by atoms with van der Waals surface area (Å²) in [5.74, 6) is -0.102. The van der Waals surface area contributed by atoms with Crippen LogP contribution in [0.3, 0.4) is 0 Å². The van der Waals surface area contributed by atoms with Gasteiger partial charge in [-0.3, -0.25) is 4.79 Å². The van der Waals surface area contributed by atoms with Gasteiger partial charge in [0.2, 0.25) is 0 Å². The molecule has 1 aliphatic heterocycles. The van der Waals surface area contributed by atoms with E-state index in [0.29, 0.717) is 13.0 Å². The number of esters is 1. The van der Waals surface area contributed by atoms with E-state index in [2.05, 4.69) is 10.6 Å². The van der Waals surface area contributed by atoms with E-state index >= 15 is 0 Å². The number of carbonyl (C=O) groups is 1. The molecule has 1 atom stereocenters. The van der Waals surface area contributed by atoms with Gasteiger partial charge in [0.15, 0.2) is 0 Å². The molecule has 0 aromatic carbocycles. The Kier molecular flexibility index (Phi) is 4.54. The maximum Gasteiger partial charge on any atom is 0.306 e. The van der Waals surface area contributed by atoms with Gasteiger partial charge in [-0.2, -0.15) is 0 Å². The smallest absolute Gasteiger partial charge is 0.306 e. The molecule has 1 saturated heterocycles. The minimum Gasteiger partial charge on any atom is -0.464 e. The summed E-state index contributed by atoms with van der Waals surface area (Å²) in [7, 11) is 0. The first-order valence-corrected chi connectivity index (χ1v) is 5.57. The first-order chi connectivity index (χ1) is 6.97. The van der Waals surface area contributed by atoms with E-state index < -0.39 is 0 Å². The van der Waals surface area contributed by atoms with Crippen molar-refractivity contribution in [2.45, 2.75) is 33.2 Å². The fourth-order valence-electron chi connectivity index (χ4n) is 1.51. The van der Waals surface area contributed by atoms with Crippen molar-refractivity contribution in [2.75, 3.05) is 26.2 Å². The summed E-state index contributed by atoms with van der Waals surface area (Å²) in [4.78, 5) is 11.4. The maximum absolute atomic E-state index is 11.4. The molecule has 1 rings (SSSR count). The first-order valence-electron chi connectivity index (χ1n) is 5.57. The topological polar surface area (TPSA) is 50.4 Å². The van der Waals surface area contributed by atoms with Gasteiger partial charge in [0.1, 0.15) is 6.61 Å². The molecule has 1 heterocycles. The van der Waals surface area contributed by atoms with E-state index in [4.69, 9.17) is 4.74 Å². The molecule has 4 heteroatoms. The minimum absolute atomic E-state index is 0.00925. The van der Waals surface area contributed by atoms with Crippen LogP contribution in [-0.2, 0) is 9.53 Å². The predicted octanol–water partition coefficient (Wildman–Crippen LogP) is 0.527. The van der Waals surface area contributed by atoms with Crippen molar-refractivity contribution in [2.24, 2.45) is 5.41 Å². The summed E-state index contributed by atoms with van der Waals surface area (Å²) < 4.78 is 5.22. The van der Waals surface area contributed by atoms with E-state index in [1.54, 1.807) is 0 Å². The van der Waals surface area contributed by atoms with Gasteiger partial charge >= 0.3 is 5.97 Å². The van der Waals surface area contributed by atoms with Crippen molar-refractivity contribution in [1.82, 2.24) is 10.6 Å². The third kappa shape index (κ3) is 5.74. The third-order valence-corrected chi connectivity index (χ3v) is 2.25. The van der Waals surface area contributed by atoms with E-state index in [9.17, 15) is 4.79 Å². The van der Waals surface area contributed by atoms with Gasteiger partial charge in [-0.05, 0) is 5.41 Å². The lowest BCUT2D eigenvalue weighted by atomic mass is 9.92. The molecule has 1 fully saturated rings. The standard InChI is InChI=1S/C11H22N2O2/c1-11(2,3)6-10(14)15-8-9-7-12-4-5-13-9/h9,12-13H,4-8H2,1-3H3. The molecule has 1 unspecified atom stereocenters.